The van der Waals surface area contributed by atoms with Crippen LogP contribution in [0.3, 0.4) is 0 Å². The first-order valence-corrected chi connectivity index (χ1v) is 5.45. The molecule has 0 radical (unpaired) electrons. The van der Waals surface area contributed by atoms with Crippen molar-refractivity contribution in [3.8, 4) is 0 Å². The molecule has 2 N–H and O–H groups in total. The molecule has 14 heavy (non-hydrogen) atoms. The van der Waals surface area contributed by atoms with E-state index in [0.29, 0.717) is 6.61 Å². The van der Waals surface area contributed by atoms with Gasteiger partial charge in [0.05, 0.1) is 19.3 Å². The van der Waals surface area contributed by atoms with E-state index in [1.807, 2.05) is 0 Å². The molecule has 0 aromatic rings. The Bertz CT molecular complexity index is 196. The van der Waals surface area contributed by atoms with Gasteiger partial charge < -0.3 is 15.4 Å². The molecule has 1 heterocycles. The van der Waals surface area contributed by atoms with Crippen molar-refractivity contribution in [1.82, 2.24) is 10.6 Å². The van der Waals surface area contributed by atoms with Crippen molar-refractivity contribution in [3.63, 3.8) is 0 Å². The Labute approximate surface area is 84.4 Å². The van der Waals surface area contributed by atoms with Gasteiger partial charge in [0.15, 0.2) is 0 Å². The number of ether oxygens (including phenoxy) is 1. The van der Waals surface area contributed by atoms with Crippen molar-refractivity contribution in [2.75, 3.05) is 26.3 Å². The van der Waals surface area contributed by atoms with Gasteiger partial charge in [-0.1, -0.05) is 6.42 Å². The summed E-state index contributed by atoms with van der Waals surface area (Å²) < 4.78 is 5.36. The quantitative estimate of drug-likeness (QED) is 0.651. The summed E-state index contributed by atoms with van der Waals surface area (Å²) in [7, 11) is 0. The van der Waals surface area contributed by atoms with Crippen LogP contribution >= 0.6 is 0 Å². The van der Waals surface area contributed by atoms with Crippen LogP contribution in [0.1, 0.15) is 19.3 Å². The summed E-state index contributed by atoms with van der Waals surface area (Å²) in [6.07, 6.45) is 3.33. The standard InChI is InChI=1S/C10H18N2O2/c13-10(8-2-1-3-8)12-9-6-11-4-5-14-7-9/h8-9,11H,1-7H2,(H,12,13). The lowest BCUT2D eigenvalue weighted by molar-refractivity contribution is -0.128. The fraction of sp³-hybridized carbons (Fsp3) is 0.900. The summed E-state index contributed by atoms with van der Waals surface area (Å²) in [6, 6.07) is 0.158. The predicted molar refractivity (Wildman–Crippen MR) is 53.0 cm³/mol. The second-order valence-corrected chi connectivity index (χ2v) is 4.11. The molecule has 1 aliphatic carbocycles. The maximum atomic E-state index is 11.6. The normalized spacial score (nSPS) is 29.0. The van der Waals surface area contributed by atoms with Crippen LogP contribution in [0.4, 0.5) is 0 Å². The molecule has 1 aliphatic heterocycles. The molecule has 1 saturated heterocycles. The number of hydrogen-bond acceptors (Lipinski definition) is 3. The van der Waals surface area contributed by atoms with E-state index in [4.69, 9.17) is 4.74 Å². The summed E-state index contributed by atoms with van der Waals surface area (Å²) in [5.41, 5.74) is 0. The van der Waals surface area contributed by atoms with Crippen molar-refractivity contribution >= 4 is 5.91 Å². The Balaban J connectivity index is 1.74. The third-order valence-electron chi connectivity index (χ3n) is 2.96. The molecule has 1 unspecified atom stereocenters. The summed E-state index contributed by atoms with van der Waals surface area (Å²) in [5.74, 6) is 0.492. The Kier molecular flexibility index (Phi) is 3.37. The van der Waals surface area contributed by atoms with Crippen molar-refractivity contribution in [1.29, 1.82) is 0 Å². The molecule has 1 atom stereocenters. The third kappa shape index (κ3) is 2.45. The highest BCUT2D eigenvalue weighted by Crippen LogP contribution is 2.26. The fourth-order valence-corrected chi connectivity index (χ4v) is 1.79. The van der Waals surface area contributed by atoms with Gasteiger partial charge in [-0.15, -0.1) is 0 Å². The van der Waals surface area contributed by atoms with Gasteiger partial charge >= 0.3 is 0 Å². The number of carbonyl (C=O) groups is 1. The molecule has 0 aromatic heterocycles. The second kappa shape index (κ2) is 4.75. The molecule has 0 bridgehead atoms. The smallest absolute Gasteiger partial charge is 0.223 e. The molecule has 0 spiro atoms. The molecule has 4 nitrogen and oxygen atoms in total. The van der Waals surface area contributed by atoms with E-state index in [1.54, 1.807) is 0 Å². The van der Waals surface area contributed by atoms with E-state index in [9.17, 15) is 4.79 Å². The second-order valence-electron chi connectivity index (χ2n) is 4.11. The largest absolute Gasteiger partial charge is 0.378 e. The Morgan fingerprint density at radius 1 is 1.43 bits per heavy atom. The minimum Gasteiger partial charge on any atom is -0.378 e. The maximum absolute atomic E-state index is 11.6. The predicted octanol–water partition coefficient (Wildman–Crippen LogP) is -0.109. The minimum absolute atomic E-state index is 0.158. The molecule has 2 rings (SSSR count). The van der Waals surface area contributed by atoms with Gasteiger partial charge in [-0.05, 0) is 12.8 Å². The van der Waals surface area contributed by atoms with Crippen LogP contribution in [-0.2, 0) is 9.53 Å². The van der Waals surface area contributed by atoms with Crippen LogP contribution < -0.4 is 10.6 Å². The van der Waals surface area contributed by atoms with Crippen LogP contribution in [0.2, 0.25) is 0 Å². The topological polar surface area (TPSA) is 50.4 Å². The number of hydrogen-bond donors (Lipinski definition) is 2. The summed E-state index contributed by atoms with van der Waals surface area (Å²) in [4.78, 5) is 11.6. The zero-order valence-electron chi connectivity index (χ0n) is 8.42. The van der Waals surface area contributed by atoms with E-state index < -0.39 is 0 Å². The monoisotopic (exact) mass is 198 g/mol. The van der Waals surface area contributed by atoms with E-state index >= 15 is 0 Å². The van der Waals surface area contributed by atoms with Crippen LogP contribution in [0, 0.1) is 5.92 Å². The number of rotatable bonds is 2. The lowest BCUT2D eigenvalue weighted by Crippen LogP contribution is -2.46. The van der Waals surface area contributed by atoms with E-state index in [2.05, 4.69) is 10.6 Å². The number of amides is 1. The molecule has 2 fully saturated rings. The third-order valence-corrected chi connectivity index (χ3v) is 2.96. The Morgan fingerprint density at radius 3 is 3.00 bits per heavy atom. The summed E-state index contributed by atoms with van der Waals surface area (Å²) >= 11 is 0. The summed E-state index contributed by atoms with van der Waals surface area (Å²) in [5, 5.41) is 6.27. The molecular formula is C10H18N2O2. The van der Waals surface area contributed by atoms with Crippen LogP contribution in [0.25, 0.3) is 0 Å². The fourth-order valence-electron chi connectivity index (χ4n) is 1.79. The molecule has 0 aromatic carbocycles. The Hall–Kier alpha value is -0.610. The van der Waals surface area contributed by atoms with Gasteiger partial charge in [-0.25, -0.2) is 0 Å². The molecule has 2 aliphatic rings. The number of nitrogens with one attached hydrogen (secondary N) is 2. The number of carbonyl (C=O) groups excluding carboxylic acids is 1. The zero-order valence-corrected chi connectivity index (χ0v) is 8.42. The zero-order chi connectivity index (χ0) is 9.80. The van der Waals surface area contributed by atoms with E-state index in [-0.39, 0.29) is 17.9 Å². The highest BCUT2D eigenvalue weighted by Gasteiger charge is 2.27. The van der Waals surface area contributed by atoms with Crippen molar-refractivity contribution in [3.05, 3.63) is 0 Å². The highest BCUT2D eigenvalue weighted by molar-refractivity contribution is 5.79. The molecule has 80 valence electrons. The van der Waals surface area contributed by atoms with Crippen LogP contribution in [0.15, 0.2) is 0 Å². The Morgan fingerprint density at radius 2 is 2.29 bits per heavy atom. The average Bonchev–Trinajstić information content (AvgIpc) is 2.29. The van der Waals surface area contributed by atoms with Crippen molar-refractivity contribution in [2.24, 2.45) is 5.92 Å². The molecule has 1 amide bonds. The first kappa shape index (κ1) is 9.93. The van der Waals surface area contributed by atoms with Gasteiger partial charge in [0.25, 0.3) is 0 Å². The van der Waals surface area contributed by atoms with E-state index in [1.165, 1.54) is 6.42 Å². The lowest BCUT2D eigenvalue weighted by Gasteiger charge is -2.26. The van der Waals surface area contributed by atoms with Gasteiger partial charge in [-0.2, -0.15) is 0 Å². The first-order valence-electron chi connectivity index (χ1n) is 5.45. The van der Waals surface area contributed by atoms with Gasteiger partial charge in [0.2, 0.25) is 5.91 Å². The highest BCUT2D eigenvalue weighted by atomic mass is 16.5. The van der Waals surface area contributed by atoms with Crippen molar-refractivity contribution < 1.29 is 9.53 Å². The first-order chi connectivity index (χ1) is 6.86. The van der Waals surface area contributed by atoms with Crippen LogP contribution in [0.5, 0.6) is 0 Å². The van der Waals surface area contributed by atoms with Gasteiger partial charge in [0.1, 0.15) is 0 Å². The lowest BCUT2D eigenvalue weighted by atomic mass is 9.84. The van der Waals surface area contributed by atoms with Crippen LogP contribution in [-0.4, -0.2) is 38.3 Å². The molecule has 1 saturated carbocycles. The average molecular weight is 198 g/mol. The minimum atomic E-state index is 0.158. The SMILES string of the molecule is O=C(NC1CNCCOC1)C1CCC1. The molecule has 4 heteroatoms. The van der Waals surface area contributed by atoms with Crippen molar-refractivity contribution in [2.45, 2.75) is 25.3 Å². The van der Waals surface area contributed by atoms with Gasteiger partial charge in [0, 0.05) is 19.0 Å². The molecular weight excluding hydrogens is 180 g/mol. The van der Waals surface area contributed by atoms with Gasteiger partial charge in [-0.3, -0.25) is 4.79 Å². The van der Waals surface area contributed by atoms with E-state index in [0.717, 1.165) is 32.5 Å². The maximum Gasteiger partial charge on any atom is 0.223 e. The summed E-state index contributed by atoms with van der Waals surface area (Å²) in [6.45, 7) is 3.11.